The van der Waals surface area contributed by atoms with E-state index in [1.165, 1.54) is 12.1 Å². The van der Waals surface area contributed by atoms with Crippen LogP contribution in [0.25, 0.3) is 0 Å². The van der Waals surface area contributed by atoms with Crippen LogP contribution in [0.1, 0.15) is 12.5 Å². The third kappa shape index (κ3) is 7.43. The molecule has 0 aliphatic heterocycles. The molecule has 22 heavy (non-hydrogen) atoms. The number of rotatable bonds is 6. The van der Waals surface area contributed by atoms with Crippen LogP contribution in [0.3, 0.4) is 0 Å². The number of hydrogen-bond acceptors (Lipinski definition) is 2. The molecule has 0 radical (unpaired) electrons. The van der Waals surface area contributed by atoms with E-state index in [0.717, 1.165) is 5.56 Å². The number of aliphatic imine (C=N–C) groups is 1. The average molecular weight is 313 g/mol. The summed E-state index contributed by atoms with van der Waals surface area (Å²) in [5, 5.41) is 5.99. The first-order valence-electron chi connectivity index (χ1n) is 6.75. The molecule has 0 saturated carbocycles. The highest BCUT2D eigenvalue weighted by molar-refractivity contribution is 5.79. The molecule has 0 unspecified atom stereocenters. The van der Waals surface area contributed by atoms with Crippen molar-refractivity contribution in [1.82, 2.24) is 10.6 Å². The van der Waals surface area contributed by atoms with E-state index in [-0.39, 0.29) is 5.75 Å². The van der Waals surface area contributed by atoms with Gasteiger partial charge in [0.05, 0.1) is 6.54 Å². The van der Waals surface area contributed by atoms with Gasteiger partial charge >= 0.3 is 6.36 Å². The highest BCUT2D eigenvalue weighted by atomic mass is 19.4. The quantitative estimate of drug-likeness (QED) is 0.481. The normalized spacial score (nSPS) is 11.7. The minimum absolute atomic E-state index is 0.233. The number of ether oxygens (including phenoxy) is 1. The van der Waals surface area contributed by atoms with Gasteiger partial charge in [-0.15, -0.1) is 19.6 Å². The molecule has 1 rings (SSSR count). The summed E-state index contributed by atoms with van der Waals surface area (Å²) in [6.07, 6.45) is 1.09. The Labute approximate surface area is 127 Å². The number of terminal acetylenes is 1. The standard InChI is InChI=1S/C15H18F3N3O/c1-3-10-20-14(19-4-2)21-11-9-12-5-7-13(8-6-12)22-15(16,17)18/h1,5-8H,4,9-11H2,2H3,(H2,19,20,21). The molecular weight excluding hydrogens is 295 g/mol. The minimum atomic E-state index is -4.67. The topological polar surface area (TPSA) is 45.7 Å². The zero-order valence-corrected chi connectivity index (χ0v) is 12.2. The molecule has 0 atom stereocenters. The summed E-state index contributed by atoms with van der Waals surface area (Å²) >= 11 is 0. The van der Waals surface area contributed by atoms with Crippen LogP contribution in [0.15, 0.2) is 29.3 Å². The zero-order valence-electron chi connectivity index (χ0n) is 12.2. The summed E-state index contributed by atoms with van der Waals surface area (Å²) in [7, 11) is 0. The lowest BCUT2D eigenvalue weighted by atomic mass is 10.1. The van der Waals surface area contributed by atoms with Crippen LogP contribution >= 0.6 is 0 Å². The van der Waals surface area contributed by atoms with Gasteiger partial charge in [0, 0.05) is 13.1 Å². The second kappa shape index (κ2) is 8.82. The van der Waals surface area contributed by atoms with Gasteiger partial charge in [-0.25, -0.2) is 0 Å². The first kappa shape index (κ1) is 17.7. The maximum absolute atomic E-state index is 12.0. The number of halogens is 3. The SMILES string of the molecule is C#CCNC(=NCCc1ccc(OC(F)(F)F)cc1)NCC. The van der Waals surface area contributed by atoms with E-state index in [1.807, 2.05) is 6.92 Å². The Morgan fingerprint density at radius 3 is 2.50 bits per heavy atom. The predicted octanol–water partition coefficient (Wildman–Crippen LogP) is 2.32. The summed E-state index contributed by atoms with van der Waals surface area (Å²) in [5.41, 5.74) is 0.867. The van der Waals surface area contributed by atoms with E-state index in [2.05, 4.69) is 26.3 Å². The molecule has 1 aromatic rings. The molecule has 0 bridgehead atoms. The molecule has 4 nitrogen and oxygen atoms in total. The van der Waals surface area contributed by atoms with E-state index in [9.17, 15) is 13.2 Å². The fourth-order valence-corrected chi connectivity index (χ4v) is 1.63. The van der Waals surface area contributed by atoms with Gasteiger partial charge in [-0.3, -0.25) is 4.99 Å². The smallest absolute Gasteiger partial charge is 0.406 e. The molecular formula is C15H18F3N3O. The molecule has 0 saturated heterocycles. The molecule has 0 heterocycles. The van der Waals surface area contributed by atoms with Crippen LogP contribution < -0.4 is 15.4 Å². The van der Waals surface area contributed by atoms with E-state index in [4.69, 9.17) is 6.42 Å². The first-order chi connectivity index (χ1) is 10.4. The monoisotopic (exact) mass is 313 g/mol. The minimum Gasteiger partial charge on any atom is -0.406 e. The Bertz CT molecular complexity index is 518. The van der Waals surface area contributed by atoms with Crippen molar-refractivity contribution in [2.24, 2.45) is 4.99 Å². The first-order valence-corrected chi connectivity index (χ1v) is 6.75. The lowest BCUT2D eigenvalue weighted by molar-refractivity contribution is -0.274. The molecule has 0 aliphatic carbocycles. The molecule has 7 heteroatoms. The van der Waals surface area contributed by atoms with E-state index >= 15 is 0 Å². The second-order valence-corrected chi connectivity index (χ2v) is 4.26. The van der Waals surface area contributed by atoms with Gasteiger partial charge in [-0.1, -0.05) is 18.1 Å². The van der Waals surface area contributed by atoms with Gasteiger partial charge in [0.15, 0.2) is 5.96 Å². The van der Waals surface area contributed by atoms with E-state index < -0.39 is 6.36 Å². The van der Waals surface area contributed by atoms with Crippen molar-refractivity contribution in [3.05, 3.63) is 29.8 Å². The number of nitrogens with zero attached hydrogens (tertiary/aromatic N) is 1. The van der Waals surface area contributed by atoms with Crippen molar-refractivity contribution in [2.45, 2.75) is 19.7 Å². The molecule has 0 spiro atoms. The van der Waals surface area contributed by atoms with Crippen molar-refractivity contribution in [2.75, 3.05) is 19.6 Å². The van der Waals surface area contributed by atoms with Crippen LogP contribution in [0.5, 0.6) is 5.75 Å². The number of hydrogen-bond donors (Lipinski definition) is 2. The lowest BCUT2D eigenvalue weighted by Crippen LogP contribution is -2.37. The molecule has 1 aromatic carbocycles. The third-order valence-electron chi connectivity index (χ3n) is 2.53. The van der Waals surface area contributed by atoms with Crippen molar-refractivity contribution >= 4 is 5.96 Å². The molecule has 0 fully saturated rings. The molecule has 120 valence electrons. The van der Waals surface area contributed by atoms with Crippen LogP contribution in [0.2, 0.25) is 0 Å². The van der Waals surface area contributed by atoms with Crippen molar-refractivity contribution in [3.8, 4) is 18.1 Å². The molecule has 0 aliphatic rings. The van der Waals surface area contributed by atoms with Gasteiger partial charge in [0.25, 0.3) is 0 Å². The van der Waals surface area contributed by atoms with E-state index in [1.54, 1.807) is 12.1 Å². The van der Waals surface area contributed by atoms with E-state index in [0.29, 0.717) is 32.0 Å². The van der Waals surface area contributed by atoms with Gasteiger partial charge in [0.2, 0.25) is 0 Å². The average Bonchev–Trinajstić information content (AvgIpc) is 2.45. The third-order valence-corrected chi connectivity index (χ3v) is 2.53. The number of guanidine groups is 1. The molecule has 2 N–H and O–H groups in total. The summed E-state index contributed by atoms with van der Waals surface area (Å²) < 4.78 is 39.9. The molecule has 0 amide bonds. The number of nitrogens with one attached hydrogen (secondary N) is 2. The van der Waals surface area contributed by atoms with Crippen LogP contribution in [0, 0.1) is 12.3 Å². The Morgan fingerprint density at radius 2 is 1.95 bits per heavy atom. The molecule has 0 aromatic heterocycles. The van der Waals surface area contributed by atoms with Crippen LogP contribution in [-0.2, 0) is 6.42 Å². The van der Waals surface area contributed by atoms with Crippen molar-refractivity contribution < 1.29 is 17.9 Å². The Balaban J connectivity index is 2.51. The summed E-state index contributed by atoms with van der Waals surface area (Å²) in [6.45, 7) is 3.50. The van der Waals surface area contributed by atoms with Gasteiger partial charge in [0.1, 0.15) is 5.75 Å². The number of alkyl halides is 3. The Hall–Kier alpha value is -2.36. The highest BCUT2D eigenvalue weighted by Crippen LogP contribution is 2.22. The largest absolute Gasteiger partial charge is 0.573 e. The van der Waals surface area contributed by atoms with Crippen molar-refractivity contribution in [1.29, 1.82) is 0 Å². The Kier molecular flexibility index (Phi) is 7.09. The maximum atomic E-state index is 12.0. The number of benzene rings is 1. The zero-order chi connectivity index (χ0) is 16.4. The summed E-state index contributed by atoms with van der Waals surface area (Å²) in [6, 6.07) is 5.74. The van der Waals surface area contributed by atoms with Gasteiger partial charge in [-0.2, -0.15) is 0 Å². The van der Waals surface area contributed by atoms with Crippen LogP contribution in [-0.4, -0.2) is 32.0 Å². The summed E-state index contributed by atoms with van der Waals surface area (Å²) in [5.74, 6) is 2.83. The highest BCUT2D eigenvalue weighted by Gasteiger charge is 2.30. The van der Waals surface area contributed by atoms with Gasteiger partial charge < -0.3 is 15.4 Å². The van der Waals surface area contributed by atoms with Crippen molar-refractivity contribution in [3.63, 3.8) is 0 Å². The second-order valence-electron chi connectivity index (χ2n) is 4.26. The predicted molar refractivity (Wildman–Crippen MR) is 79.6 cm³/mol. The Morgan fingerprint density at radius 1 is 1.27 bits per heavy atom. The lowest BCUT2D eigenvalue weighted by Gasteiger charge is -2.10. The fraction of sp³-hybridized carbons (Fsp3) is 0.400. The fourth-order valence-electron chi connectivity index (χ4n) is 1.63. The maximum Gasteiger partial charge on any atom is 0.573 e. The summed E-state index contributed by atoms with van der Waals surface area (Å²) in [4.78, 5) is 4.32. The van der Waals surface area contributed by atoms with Gasteiger partial charge in [-0.05, 0) is 31.0 Å². The van der Waals surface area contributed by atoms with Crippen LogP contribution in [0.4, 0.5) is 13.2 Å².